The largest absolute Gasteiger partial charge is 0.354 e. The van der Waals surface area contributed by atoms with Crippen LogP contribution in [-0.4, -0.2) is 29.3 Å². The van der Waals surface area contributed by atoms with E-state index in [1.165, 1.54) is 0 Å². The van der Waals surface area contributed by atoms with Crippen molar-refractivity contribution in [3.8, 4) is 0 Å². The van der Waals surface area contributed by atoms with Crippen molar-refractivity contribution in [1.29, 1.82) is 0 Å². The Morgan fingerprint density at radius 2 is 1.60 bits per heavy atom. The molecular formula is C28H29BrCl2N2O2. The van der Waals surface area contributed by atoms with Gasteiger partial charge in [0.2, 0.25) is 11.8 Å². The third-order valence-electron chi connectivity index (χ3n) is 5.71. The minimum atomic E-state index is -0.659. The van der Waals surface area contributed by atoms with Gasteiger partial charge in [0.25, 0.3) is 0 Å². The molecule has 3 rings (SSSR count). The van der Waals surface area contributed by atoms with Crippen LogP contribution < -0.4 is 5.32 Å². The van der Waals surface area contributed by atoms with Crippen LogP contribution in [0.15, 0.2) is 77.3 Å². The van der Waals surface area contributed by atoms with Crippen LogP contribution >= 0.6 is 39.1 Å². The van der Waals surface area contributed by atoms with E-state index in [4.69, 9.17) is 23.2 Å². The van der Waals surface area contributed by atoms with Crippen LogP contribution in [0.1, 0.15) is 36.5 Å². The lowest BCUT2D eigenvalue weighted by atomic mass is 10.0. The molecule has 3 aromatic carbocycles. The number of nitrogens with one attached hydrogen (secondary N) is 1. The predicted octanol–water partition coefficient (Wildman–Crippen LogP) is 6.85. The summed E-state index contributed by atoms with van der Waals surface area (Å²) in [6.07, 6.45) is 2.39. The quantitative estimate of drug-likeness (QED) is 0.254. The number of carbonyl (C=O) groups is 2. The average molecular weight is 576 g/mol. The molecule has 0 bridgehead atoms. The van der Waals surface area contributed by atoms with Gasteiger partial charge in [0.05, 0.1) is 16.5 Å². The number of hydrogen-bond acceptors (Lipinski definition) is 2. The fourth-order valence-corrected chi connectivity index (χ4v) is 4.36. The maximum atomic E-state index is 13.7. The van der Waals surface area contributed by atoms with E-state index < -0.39 is 6.04 Å². The number of carbonyl (C=O) groups excluding carboxylic acids is 2. The second-order valence-electron chi connectivity index (χ2n) is 8.42. The molecule has 0 heterocycles. The van der Waals surface area contributed by atoms with Gasteiger partial charge in [0.15, 0.2) is 0 Å². The summed E-state index contributed by atoms with van der Waals surface area (Å²) in [5.41, 5.74) is 2.68. The number of halogens is 3. The summed E-state index contributed by atoms with van der Waals surface area (Å²) in [5, 5.41) is 3.87. The predicted molar refractivity (Wildman–Crippen MR) is 147 cm³/mol. The highest BCUT2D eigenvalue weighted by molar-refractivity contribution is 9.10. The van der Waals surface area contributed by atoms with E-state index >= 15 is 0 Å². The van der Waals surface area contributed by atoms with Gasteiger partial charge in [-0.1, -0.05) is 101 Å². The normalized spacial score (nSPS) is 11.7. The zero-order valence-corrected chi connectivity index (χ0v) is 22.7. The monoisotopic (exact) mass is 574 g/mol. The highest BCUT2D eigenvalue weighted by Gasteiger charge is 2.30. The number of nitrogens with zero attached hydrogens (tertiary/aromatic N) is 1. The number of hydrogen-bond donors (Lipinski definition) is 1. The van der Waals surface area contributed by atoms with Crippen LogP contribution in [0.4, 0.5) is 0 Å². The first-order valence-electron chi connectivity index (χ1n) is 11.7. The van der Waals surface area contributed by atoms with Crippen molar-refractivity contribution < 1.29 is 9.59 Å². The molecule has 0 aromatic heterocycles. The first kappa shape index (κ1) is 27.3. The maximum Gasteiger partial charge on any atom is 0.243 e. The first-order valence-corrected chi connectivity index (χ1v) is 13.2. The molecule has 35 heavy (non-hydrogen) atoms. The lowest BCUT2D eigenvalue weighted by Gasteiger charge is -2.32. The van der Waals surface area contributed by atoms with Crippen molar-refractivity contribution in [3.63, 3.8) is 0 Å². The lowest BCUT2D eigenvalue weighted by molar-refractivity contribution is -0.140. The Labute approximate surface area is 225 Å². The zero-order valence-electron chi connectivity index (χ0n) is 19.6. The summed E-state index contributed by atoms with van der Waals surface area (Å²) in [6.45, 7) is 2.97. The molecule has 0 fully saturated rings. The van der Waals surface area contributed by atoms with Crippen LogP contribution in [0.3, 0.4) is 0 Å². The van der Waals surface area contributed by atoms with Crippen molar-refractivity contribution in [3.05, 3.63) is 104 Å². The number of benzene rings is 3. The minimum Gasteiger partial charge on any atom is -0.354 e. The Balaban J connectivity index is 1.94. The summed E-state index contributed by atoms with van der Waals surface area (Å²) >= 11 is 15.7. The second-order valence-corrected chi connectivity index (χ2v) is 10.2. The molecular weight excluding hydrogens is 547 g/mol. The molecule has 1 N–H and O–H groups in total. The molecule has 4 nitrogen and oxygen atoms in total. The molecule has 0 spiro atoms. The van der Waals surface area contributed by atoms with Crippen LogP contribution in [0.5, 0.6) is 0 Å². The molecule has 0 radical (unpaired) electrons. The molecule has 2 amide bonds. The standard InChI is InChI=1S/C28H29BrCl2N2O2/c1-2-3-15-32-28(35)26(17-20-7-5-4-6-8-20)33(19-21-9-12-23(29)13-10-21)27(34)18-22-11-14-24(30)25(31)16-22/h4-14,16,26H,2-3,15,17-19H2,1H3,(H,32,35)/t26-/m1/s1. The highest BCUT2D eigenvalue weighted by atomic mass is 79.9. The molecule has 0 aliphatic carbocycles. The van der Waals surface area contributed by atoms with Crippen molar-refractivity contribution in [2.24, 2.45) is 0 Å². The summed E-state index contributed by atoms with van der Waals surface area (Å²) in [6, 6.07) is 22.1. The zero-order chi connectivity index (χ0) is 25.2. The fraction of sp³-hybridized carbons (Fsp3) is 0.286. The Morgan fingerprint density at radius 3 is 2.26 bits per heavy atom. The second kappa shape index (κ2) is 13.7. The molecule has 3 aromatic rings. The maximum absolute atomic E-state index is 13.7. The third kappa shape index (κ3) is 8.38. The van der Waals surface area contributed by atoms with Crippen LogP contribution in [0.25, 0.3) is 0 Å². The van der Waals surface area contributed by atoms with Crippen molar-refractivity contribution >= 4 is 50.9 Å². The average Bonchev–Trinajstić information content (AvgIpc) is 2.85. The van der Waals surface area contributed by atoms with Gasteiger partial charge in [-0.2, -0.15) is 0 Å². The van der Waals surface area contributed by atoms with E-state index in [0.717, 1.165) is 34.0 Å². The molecule has 0 aliphatic heterocycles. The Bertz CT molecular complexity index is 1120. The molecule has 0 saturated carbocycles. The summed E-state index contributed by atoms with van der Waals surface area (Å²) in [7, 11) is 0. The minimum absolute atomic E-state index is 0.112. The van der Waals surface area contributed by atoms with Gasteiger partial charge in [-0.05, 0) is 47.4 Å². The Kier molecular flexibility index (Phi) is 10.6. The third-order valence-corrected chi connectivity index (χ3v) is 6.97. The summed E-state index contributed by atoms with van der Waals surface area (Å²) in [4.78, 5) is 28.8. The van der Waals surface area contributed by atoms with Gasteiger partial charge in [0.1, 0.15) is 6.04 Å². The molecule has 0 aliphatic rings. The van der Waals surface area contributed by atoms with Crippen molar-refractivity contribution in [2.75, 3.05) is 6.54 Å². The molecule has 184 valence electrons. The van der Waals surface area contributed by atoms with E-state index in [1.807, 2.05) is 54.6 Å². The topological polar surface area (TPSA) is 49.4 Å². The highest BCUT2D eigenvalue weighted by Crippen LogP contribution is 2.24. The number of amides is 2. The number of unbranched alkanes of at least 4 members (excludes halogenated alkanes) is 1. The smallest absolute Gasteiger partial charge is 0.243 e. The van der Waals surface area contributed by atoms with Crippen molar-refractivity contribution in [1.82, 2.24) is 10.2 Å². The van der Waals surface area contributed by atoms with Crippen LogP contribution in [0.2, 0.25) is 10.0 Å². The summed E-state index contributed by atoms with van der Waals surface area (Å²) in [5.74, 6) is -0.306. The van der Waals surface area contributed by atoms with Gasteiger partial charge in [-0.25, -0.2) is 0 Å². The van der Waals surface area contributed by atoms with E-state index in [-0.39, 0.29) is 18.2 Å². The van der Waals surface area contributed by atoms with Crippen molar-refractivity contribution in [2.45, 2.75) is 45.2 Å². The Morgan fingerprint density at radius 1 is 0.914 bits per heavy atom. The van der Waals surface area contributed by atoms with Gasteiger partial charge in [-0.3, -0.25) is 9.59 Å². The molecule has 1 atom stereocenters. The van der Waals surface area contributed by atoms with E-state index in [0.29, 0.717) is 29.6 Å². The van der Waals surface area contributed by atoms with Crippen LogP contribution in [-0.2, 0) is 29.0 Å². The van der Waals surface area contributed by atoms with Gasteiger partial charge < -0.3 is 10.2 Å². The van der Waals surface area contributed by atoms with Gasteiger partial charge >= 0.3 is 0 Å². The lowest BCUT2D eigenvalue weighted by Crippen LogP contribution is -2.51. The van der Waals surface area contributed by atoms with E-state index in [1.54, 1.807) is 23.1 Å². The molecule has 7 heteroatoms. The van der Waals surface area contributed by atoms with E-state index in [9.17, 15) is 9.59 Å². The SMILES string of the molecule is CCCCNC(=O)[C@@H](Cc1ccccc1)N(Cc1ccc(Br)cc1)C(=O)Cc1ccc(Cl)c(Cl)c1. The molecule has 0 unspecified atom stereocenters. The first-order chi connectivity index (χ1) is 16.9. The Hall–Kier alpha value is -2.34. The summed E-state index contributed by atoms with van der Waals surface area (Å²) < 4.78 is 0.952. The van der Waals surface area contributed by atoms with Crippen LogP contribution in [0, 0.1) is 0 Å². The van der Waals surface area contributed by atoms with Gasteiger partial charge in [0, 0.05) is 24.0 Å². The fourth-order valence-electron chi connectivity index (χ4n) is 3.77. The van der Waals surface area contributed by atoms with Gasteiger partial charge in [-0.15, -0.1) is 0 Å². The van der Waals surface area contributed by atoms with E-state index in [2.05, 4.69) is 28.2 Å². The number of rotatable bonds is 11. The molecule has 0 saturated heterocycles.